The maximum Gasteiger partial charge on any atom is 0.123 e. The monoisotopic (exact) mass is 260 g/mol. The quantitative estimate of drug-likeness (QED) is 0.786. The van der Waals surface area contributed by atoms with Crippen molar-refractivity contribution in [3.05, 3.63) is 66.0 Å². The first-order valence-electron chi connectivity index (χ1n) is 6.28. The van der Waals surface area contributed by atoms with Gasteiger partial charge in [-0.15, -0.1) is 0 Å². The molecule has 2 rings (SSSR count). The van der Waals surface area contributed by atoms with Gasteiger partial charge in [-0.1, -0.05) is 30.3 Å². The van der Waals surface area contributed by atoms with Gasteiger partial charge in [-0.2, -0.15) is 0 Å². The van der Waals surface area contributed by atoms with Gasteiger partial charge in [0.15, 0.2) is 0 Å². The van der Waals surface area contributed by atoms with Gasteiger partial charge in [-0.05, 0) is 36.8 Å². The normalized spacial score (nSPS) is 12.1. The maximum atomic E-state index is 12.7. The number of benzene rings is 2. The molecule has 0 unspecified atom stereocenters. The first-order valence-corrected chi connectivity index (χ1v) is 6.28. The second kappa shape index (κ2) is 6.90. The van der Waals surface area contributed by atoms with Crippen LogP contribution in [-0.4, -0.2) is 12.7 Å². The van der Waals surface area contributed by atoms with Crippen molar-refractivity contribution in [1.82, 2.24) is 0 Å². The SMILES string of the molecule is C[C@@H](COCc1ccccc1)Oc1ccc(F)cc1. The molecule has 0 fully saturated rings. The largest absolute Gasteiger partial charge is 0.488 e. The molecule has 0 saturated heterocycles. The molecular formula is C16H17FO2. The predicted molar refractivity (Wildman–Crippen MR) is 72.6 cm³/mol. The van der Waals surface area contributed by atoms with Gasteiger partial charge in [0.25, 0.3) is 0 Å². The Balaban J connectivity index is 1.73. The lowest BCUT2D eigenvalue weighted by Gasteiger charge is -2.15. The Bertz CT molecular complexity index is 482. The zero-order chi connectivity index (χ0) is 13.5. The van der Waals surface area contributed by atoms with Crippen LogP contribution in [0.25, 0.3) is 0 Å². The van der Waals surface area contributed by atoms with Crippen molar-refractivity contribution in [3.8, 4) is 5.75 Å². The summed E-state index contributed by atoms with van der Waals surface area (Å²) in [5.74, 6) is 0.387. The molecule has 0 aliphatic carbocycles. The zero-order valence-corrected chi connectivity index (χ0v) is 10.9. The number of hydrogen-bond donors (Lipinski definition) is 0. The molecule has 0 saturated carbocycles. The first-order chi connectivity index (χ1) is 9.24. The lowest BCUT2D eigenvalue weighted by atomic mass is 10.2. The minimum Gasteiger partial charge on any atom is -0.488 e. The summed E-state index contributed by atoms with van der Waals surface area (Å²) in [6, 6.07) is 16.0. The minimum absolute atomic E-state index is 0.0748. The van der Waals surface area contributed by atoms with Crippen LogP contribution in [0.5, 0.6) is 5.75 Å². The van der Waals surface area contributed by atoms with Gasteiger partial charge in [0.1, 0.15) is 17.7 Å². The molecule has 2 aromatic rings. The van der Waals surface area contributed by atoms with Crippen molar-refractivity contribution in [2.24, 2.45) is 0 Å². The second-order valence-electron chi connectivity index (χ2n) is 4.38. The Morgan fingerprint density at radius 1 is 1.00 bits per heavy atom. The van der Waals surface area contributed by atoms with E-state index in [0.29, 0.717) is 19.0 Å². The third-order valence-electron chi connectivity index (χ3n) is 2.62. The highest BCUT2D eigenvalue weighted by Gasteiger charge is 2.04. The Morgan fingerprint density at radius 3 is 2.37 bits per heavy atom. The molecule has 0 bridgehead atoms. The maximum absolute atomic E-state index is 12.7. The van der Waals surface area contributed by atoms with E-state index in [9.17, 15) is 4.39 Å². The van der Waals surface area contributed by atoms with Gasteiger partial charge >= 0.3 is 0 Å². The van der Waals surface area contributed by atoms with E-state index in [1.807, 2.05) is 37.3 Å². The smallest absolute Gasteiger partial charge is 0.123 e. The van der Waals surface area contributed by atoms with Gasteiger partial charge in [0.05, 0.1) is 13.2 Å². The molecule has 19 heavy (non-hydrogen) atoms. The summed E-state index contributed by atoms with van der Waals surface area (Å²) in [5.41, 5.74) is 1.14. The Kier molecular flexibility index (Phi) is 4.93. The molecule has 0 heterocycles. The van der Waals surface area contributed by atoms with E-state index in [-0.39, 0.29) is 11.9 Å². The van der Waals surface area contributed by atoms with Crippen LogP contribution in [0.3, 0.4) is 0 Å². The third-order valence-corrected chi connectivity index (χ3v) is 2.62. The van der Waals surface area contributed by atoms with Gasteiger partial charge in [-0.3, -0.25) is 0 Å². The summed E-state index contributed by atoms with van der Waals surface area (Å²) in [4.78, 5) is 0. The summed E-state index contributed by atoms with van der Waals surface area (Å²) < 4.78 is 23.9. The molecule has 0 radical (unpaired) electrons. The van der Waals surface area contributed by atoms with Gasteiger partial charge in [0.2, 0.25) is 0 Å². The summed E-state index contributed by atoms with van der Waals surface area (Å²) in [5, 5.41) is 0. The van der Waals surface area contributed by atoms with Crippen molar-refractivity contribution in [1.29, 1.82) is 0 Å². The highest BCUT2D eigenvalue weighted by Crippen LogP contribution is 2.13. The predicted octanol–water partition coefficient (Wildman–Crippen LogP) is 3.81. The molecule has 0 aliphatic rings. The van der Waals surface area contributed by atoms with Crippen LogP contribution in [0.1, 0.15) is 12.5 Å². The van der Waals surface area contributed by atoms with Gasteiger partial charge in [-0.25, -0.2) is 4.39 Å². The highest BCUT2D eigenvalue weighted by atomic mass is 19.1. The number of hydrogen-bond acceptors (Lipinski definition) is 2. The molecular weight excluding hydrogens is 243 g/mol. The molecule has 1 atom stereocenters. The van der Waals surface area contributed by atoms with Crippen molar-refractivity contribution in [2.45, 2.75) is 19.6 Å². The summed E-state index contributed by atoms with van der Waals surface area (Å²) in [6.07, 6.45) is -0.0748. The average Bonchev–Trinajstić information content (AvgIpc) is 2.43. The van der Waals surface area contributed by atoms with Crippen LogP contribution < -0.4 is 4.74 Å². The summed E-state index contributed by atoms with van der Waals surface area (Å²) >= 11 is 0. The highest BCUT2D eigenvalue weighted by molar-refractivity contribution is 5.22. The summed E-state index contributed by atoms with van der Waals surface area (Å²) in [6.45, 7) is 2.98. The van der Waals surface area contributed by atoms with E-state index in [1.54, 1.807) is 12.1 Å². The molecule has 0 spiro atoms. The molecule has 0 amide bonds. The first kappa shape index (κ1) is 13.6. The fourth-order valence-corrected chi connectivity index (χ4v) is 1.70. The van der Waals surface area contributed by atoms with Crippen LogP contribution in [0, 0.1) is 5.82 Å². The van der Waals surface area contributed by atoms with Gasteiger partial charge < -0.3 is 9.47 Å². The van der Waals surface area contributed by atoms with E-state index in [2.05, 4.69) is 0 Å². The number of halogens is 1. The molecule has 100 valence electrons. The van der Waals surface area contributed by atoms with Crippen LogP contribution in [0.4, 0.5) is 4.39 Å². The van der Waals surface area contributed by atoms with Crippen LogP contribution in [0.2, 0.25) is 0 Å². The molecule has 0 aromatic heterocycles. The molecule has 2 aromatic carbocycles. The standard InChI is InChI=1S/C16H17FO2/c1-13(19-16-9-7-15(17)8-10-16)11-18-12-14-5-3-2-4-6-14/h2-10,13H,11-12H2,1H3/t13-/m0/s1. The van der Waals surface area contributed by atoms with E-state index in [4.69, 9.17) is 9.47 Å². The van der Waals surface area contributed by atoms with E-state index in [1.165, 1.54) is 12.1 Å². The minimum atomic E-state index is -0.264. The van der Waals surface area contributed by atoms with Crippen molar-refractivity contribution >= 4 is 0 Å². The average molecular weight is 260 g/mol. The van der Waals surface area contributed by atoms with Crippen LogP contribution in [0.15, 0.2) is 54.6 Å². The molecule has 2 nitrogen and oxygen atoms in total. The van der Waals surface area contributed by atoms with E-state index >= 15 is 0 Å². The van der Waals surface area contributed by atoms with Crippen molar-refractivity contribution in [2.75, 3.05) is 6.61 Å². The van der Waals surface area contributed by atoms with Crippen LogP contribution >= 0.6 is 0 Å². The Morgan fingerprint density at radius 2 is 1.68 bits per heavy atom. The summed E-state index contributed by atoms with van der Waals surface area (Å²) in [7, 11) is 0. The lowest BCUT2D eigenvalue weighted by molar-refractivity contribution is 0.0492. The van der Waals surface area contributed by atoms with Crippen LogP contribution in [-0.2, 0) is 11.3 Å². The fourth-order valence-electron chi connectivity index (χ4n) is 1.70. The van der Waals surface area contributed by atoms with Gasteiger partial charge in [0, 0.05) is 0 Å². The topological polar surface area (TPSA) is 18.5 Å². The zero-order valence-electron chi connectivity index (χ0n) is 10.9. The van der Waals surface area contributed by atoms with E-state index in [0.717, 1.165) is 5.56 Å². The Labute approximate surface area is 112 Å². The number of rotatable bonds is 6. The van der Waals surface area contributed by atoms with Crippen molar-refractivity contribution in [3.63, 3.8) is 0 Å². The molecule has 0 N–H and O–H groups in total. The molecule has 3 heteroatoms. The van der Waals surface area contributed by atoms with Crippen molar-refractivity contribution < 1.29 is 13.9 Å². The molecule has 0 aliphatic heterocycles. The number of ether oxygens (including phenoxy) is 2. The second-order valence-corrected chi connectivity index (χ2v) is 4.38. The van der Waals surface area contributed by atoms with E-state index < -0.39 is 0 Å². The fraction of sp³-hybridized carbons (Fsp3) is 0.250. The third kappa shape index (κ3) is 4.72. The Hall–Kier alpha value is -1.87. The lowest BCUT2D eigenvalue weighted by Crippen LogP contribution is -2.19.